The van der Waals surface area contributed by atoms with Gasteiger partial charge in [0.2, 0.25) is 11.8 Å². The van der Waals surface area contributed by atoms with Gasteiger partial charge in [0.25, 0.3) is 0 Å². The Morgan fingerprint density at radius 2 is 1.90 bits per heavy atom. The van der Waals surface area contributed by atoms with Crippen LogP contribution in [0.3, 0.4) is 0 Å². The van der Waals surface area contributed by atoms with E-state index in [4.69, 9.17) is 41.0 Å². The van der Waals surface area contributed by atoms with Crippen LogP contribution in [0.15, 0.2) is 35.9 Å². The fourth-order valence-electron chi connectivity index (χ4n) is 5.88. The molecule has 0 saturated carbocycles. The Bertz CT molecular complexity index is 1430. The number of primary amides is 1. The molecule has 8 atom stereocenters. The number of rotatable bonds is 6. The fraction of sp³-hybridized carbons (Fsp3) is 0.588. The molecule has 0 radical (unpaired) electrons. The van der Waals surface area contributed by atoms with E-state index in [1.807, 2.05) is 13.0 Å². The summed E-state index contributed by atoms with van der Waals surface area (Å²) in [6.07, 6.45) is -0.222. The number of aliphatic hydroxyl groups excluding tert-OH is 1. The number of benzene rings is 1. The van der Waals surface area contributed by atoms with E-state index in [1.165, 1.54) is 44.9 Å². The highest BCUT2D eigenvalue weighted by Gasteiger charge is 2.63. The molecule has 1 aromatic carbocycles. The number of aliphatic hydroxyl groups is 1. The Kier molecular flexibility index (Phi) is 13.1. The number of carbonyl (C=O) groups excluding carboxylic acids is 4. The van der Waals surface area contributed by atoms with Crippen molar-refractivity contribution in [3.05, 3.63) is 46.5 Å². The third kappa shape index (κ3) is 9.07. The van der Waals surface area contributed by atoms with Crippen LogP contribution in [-0.2, 0) is 39.8 Å². The first-order valence-corrected chi connectivity index (χ1v) is 16.1. The van der Waals surface area contributed by atoms with Crippen LogP contribution in [0.4, 0.5) is 10.5 Å². The smallest absolute Gasteiger partial charge is 0.404 e. The Balaban J connectivity index is 2.13. The second kappa shape index (κ2) is 16.2. The summed E-state index contributed by atoms with van der Waals surface area (Å²) < 4.78 is 28.6. The second-order valence-electron chi connectivity index (χ2n) is 12.7. The summed E-state index contributed by atoms with van der Waals surface area (Å²) in [6, 6.07) is 2.62. The molecule has 48 heavy (non-hydrogen) atoms. The van der Waals surface area contributed by atoms with E-state index in [-0.39, 0.29) is 23.8 Å². The Morgan fingerprint density at radius 3 is 2.48 bits per heavy atom. The SMILES string of the molecule is COc1cc2cc(c1Cl)N(C)C(=O)CC(OC(=O)C(C)N(C)C(C)=O)C1(C)OC1C(C)C(OC(N)=O)CC(O)C(OC)C=CC=C(C)C2. The van der Waals surface area contributed by atoms with E-state index in [0.717, 1.165) is 11.1 Å². The summed E-state index contributed by atoms with van der Waals surface area (Å²) >= 11 is 6.70. The number of nitrogens with two attached hydrogens (primary N) is 1. The summed E-state index contributed by atoms with van der Waals surface area (Å²) in [7, 11) is 5.97. The van der Waals surface area contributed by atoms with Gasteiger partial charge in [-0.3, -0.25) is 9.59 Å². The molecule has 13 nitrogen and oxygen atoms in total. The van der Waals surface area contributed by atoms with E-state index >= 15 is 0 Å². The zero-order valence-corrected chi connectivity index (χ0v) is 29.8. The summed E-state index contributed by atoms with van der Waals surface area (Å²) in [5, 5.41) is 11.4. The minimum absolute atomic E-state index is 0.0533. The van der Waals surface area contributed by atoms with Crippen molar-refractivity contribution in [2.24, 2.45) is 11.7 Å². The van der Waals surface area contributed by atoms with Gasteiger partial charge >= 0.3 is 12.1 Å². The zero-order chi connectivity index (χ0) is 36.1. The number of hydrogen-bond acceptors (Lipinski definition) is 10. The van der Waals surface area contributed by atoms with Gasteiger partial charge < -0.3 is 44.3 Å². The first kappa shape index (κ1) is 38.8. The Labute approximate surface area is 286 Å². The number of allylic oxidation sites excluding steroid dienone is 3. The summed E-state index contributed by atoms with van der Waals surface area (Å²) in [6.45, 7) is 8.20. The Morgan fingerprint density at radius 1 is 1.23 bits per heavy atom. The number of fused-ring (bicyclic) bond motifs is 3. The van der Waals surface area contributed by atoms with Crippen molar-refractivity contribution in [3.63, 3.8) is 0 Å². The maximum Gasteiger partial charge on any atom is 0.404 e. The molecule has 2 heterocycles. The van der Waals surface area contributed by atoms with Crippen molar-refractivity contribution in [2.75, 3.05) is 33.2 Å². The summed E-state index contributed by atoms with van der Waals surface area (Å²) in [5.74, 6) is -1.74. The van der Waals surface area contributed by atoms with Crippen LogP contribution in [0.2, 0.25) is 5.02 Å². The van der Waals surface area contributed by atoms with Crippen LogP contribution in [0.5, 0.6) is 5.75 Å². The average Bonchev–Trinajstić information content (AvgIpc) is 3.72. The number of hydrogen-bond donors (Lipinski definition) is 2. The van der Waals surface area contributed by atoms with Crippen LogP contribution >= 0.6 is 11.6 Å². The van der Waals surface area contributed by atoms with Crippen molar-refractivity contribution in [1.29, 1.82) is 0 Å². The van der Waals surface area contributed by atoms with Crippen molar-refractivity contribution in [3.8, 4) is 5.75 Å². The maximum atomic E-state index is 14.0. The number of epoxide rings is 1. The van der Waals surface area contributed by atoms with E-state index in [9.17, 15) is 24.3 Å². The largest absolute Gasteiger partial charge is 0.495 e. The highest BCUT2D eigenvalue weighted by atomic mass is 35.5. The number of likely N-dealkylation sites (N-methyl/N-ethyl adjacent to an activating group) is 1. The molecule has 1 saturated heterocycles. The third-order valence-electron chi connectivity index (χ3n) is 9.22. The maximum absolute atomic E-state index is 14.0. The van der Waals surface area contributed by atoms with Crippen LogP contribution in [0, 0.1) is 5.92 Å². The van der Waals surface area contributed by atoms with Gasteiger partial charge in [-0.1, -0.05) is 42.3 Å². The van der Waals surface area contributed by atoms with E-state index in [2.05, 4.69) is 0 Å². The molecule has 8 unspecified atom stereocenters. The van der Waals surface area contributed by atoms with Gasteiger partial charge in [-0.2, -0.15) is 0 Å². The molecule has 1 aromatic rings. The van der Waals surface area contributed by atoms with E-state index < -0.39 is 66.1 Å². The van der Waals surface area contributed by atoms with Crippen LogP contribution < -0.4 is 15.4 Å². The molecule has 0 aliphatic carbocycles. The average molecular weight is 694 g/mol. The Hall–Kier alpha value is -3.65. The molecule has 0 aromatic heterocycles. The van der Waals surface area contributed by atoms with E-state index in [1.54, 1.807) is 45.2 Å². The predicted octanol–water partition coefficient (Wildman–Crippen LogP) is 3.56. The van der Waals surface area contributed by atoms with Gasteiger partial charge in [0, 0.05) is 40.5 Å². The van der Waals surface area contributed by atoms with Gasteiger partial charge in [-0.05, 0) is 44.9 Å². The molecular weight excluding hydrogens is 646 g/mol. The standard InChI is InChI=1S/C34H48ClN3O10/c1-18-11-10-12-25(44-8)24(40)16-26(46-33(36)43)19(2)31-34(5,48-31)28(47-32(42)20(3)37(6)21(4)39)17-29(41)38(7)23-14-22(13-18)15-27(45-9)30(23)35/h10-12,14-15,19-20,24-26,28,31,40H,13,16-17H2,1-9H3,(H2,36,43). The highest BCUT2D eigenvalue weighted by molar-refractivity contribution is 6.35. The van der Waals surface area contributed by atoms with Gasteiger partial charge in [-0.25, -0.2) is 9.59 Å². The van der Waals surface area contributed by atoms with E-state index in [0.29, 0.717) is 17.9 Å². The van der Waals surface area contributed by atoms with Crippen molar-refractivity contribution in [2.45, 2.75) is 96.0 Å². The summed E-state index contributed by atoms with van der Waals surface area (Å²) in [5.41, 5.74) is 6.34. The minimum atomic E-state index is -1.22. The third-order valence-corrected chi connectivity index (χ3v) is 9.60. The molecule has 1 fully saturated rings. The normalized spacial score (nSPS) is 28.9. The number of ether oxygens (including phenoxy) is 5. The highest BCUT2D eigenvalue weighted by Crippen LogP contribution is 2.48. The lowest BCUT2D eigenvalue weighted by Gasteiger charge is -2.30. The quantitative estimate of drug-likeness (QED) is 0.332. The molecule has 266 valence electrons. The molecule has 3 rings (SSSR count). The van der Waals surface area contributed by atoms with Crippen LogP contribution in [0.1, 0.15) is 53.0 Å². The van der Waals surface area contributed by atoms with Crippen molar-refractivity contribution >= 4 is 41.2 Å². The second-order valence-corrected chi connectivity index (χ2v) is 13.0. The molecule has 3 amide bonds. The zero-order valence-electron chi connectivity index (χ0n) is 29.0. The molecular formula is C34H48ClN3O10. The van der Waals surface area contributed by atoms with Crippen LogP contribution in [-0.4, -0.2) is 104 Å². The van der Waals surface area contributed by atoms with Gasteiger partial charge in [0.1, 0.15) is 40.7 Å². The van der Waals surface area contributed by atoms with Crippen molar-refractivity contribution in [1.82, 2.24) is 4.90 Å². The van der Waals surface area contributed by atoms with Gasteiger partial charge in [-0.15, -0.1) is 0 Å². The summed E-state index contributed by atoms with van der Waals surface area (Å²) in [4.78, 5) is 53.8. The molecule has 2 bridgehead atoms. The predicted molar refractivity (Wildman–Crippen MR) is 179 cm³/mol. The molecule has 3 N–H and O–H groups in total. The number of esters is 1. The first-order valence-electron chi connectivity index (χ1n) is 15.7. The minimum Gasteiger partial charge on any atom is -0.495 e. The fourth-order valence-corrected chi connectivity index (χ4v) is 6.20. The van der Waals surface area contributed by atoms with Gasteiger partial charge in [0.05, 0.1) is 31.4 Å². The topological polar surface area (TPSA) is 170 Å². The molecule has 0 spiro atoms. The monoisotopic (exact) mass is 693 g/mol. The number of methoxy groups -OCH3 is 2. The van der Waals surface area contributed by atoms with Crippen LogP contribution in [0.25, 0.3) is 0 Å². The van der Waals surface area contributed by atoms with Gasteiger partial charge in [0.15, 0.2) is 0 Å². The number of halogens is 1. The number of anilines is 1. The molecule has 14 heteroatoms. The van der Waals surface area contributed by atoms with Crippen molar-refractivity contribution < 1.29 is 48.0 Å². The number of amides is 3. The molecule has 2 aliphatic rings. The lowest BCUT2D eigenvalue weighted by Crippen LogP contribution is -2.46. The first-order chi connectivity index (χ1) is 22.4. The lowest BCUT2D eigenvalue weighted by molar-refractivity contribution is -0.161. The number of carbonyl (C=O) groups is 4. The lowest BCUT2D eigenvalue weighted by atomic mass is 9.85. The molecule has 2 aliphatic heterocycles. The number of nitrogens with zero attached hydrogens (tertiary/aromatic N) is 2.